The zero-order chi connectivity index (χ0) is 19.7. The average molecular weight is 389 g/mol. The summed E-state index contributed by atoms with van der Waals surface area (Å²) in [5, 5.41) is 12.9. The van der Waals surface area contributed by atoms with Gasteiger partial charge in [0.15, 0.2) is 0 Å². The molecule has 1 aromatic heterocycles. The zero-order valence-electron chi connectivity index (χ0n) is 15.3. The Hall–Kier alpha value is -3.18. The van der Waals surface area contributed by atoms with Gasteiger partial charge in [-0.1, -0.05) is 66.2 Å². The maximum absolute atomic E-state index is 12.9. The van der Waals surface area contributed by atoms with Gasteiger partial charge in [0.05, 0.1) is 18.2 Å². The van der Waals surface area contributed by atoms with Gasteiger partial charge in [0.2, 0.25) is 0 Å². The standard InChI is InChI=1S/C23H19NO3S/c1-15-9-11-17(12-10-15)21(25)19-20(16-6-3-2-4-7-16)24(23(27)22(19)26)14-18-8-5-13-28-18/h2-13,20,25H,14H2,1H3/b21-19-. The summed E-state index contributed by atoms with van der Waals surface area (Å²) in [6.07, 6.45) is 0. The molecule has 0 saturated carbocycles. The lowest BCUT2D eigenvalue weighted by Gasteiger charge is -2.24. The minimum atomic E-state index is -0.650. The predicted octanol–water partition coefficient (Wildman–Crippen LogP) is 4.68. The van der Waals surface area contributed by atoms with Gasteiger partial charge in [0.25, 0.3) is 11.7 Å². The van der Waals surface area contributed by atoms with E-state index in [4.69, 9.17) is 0 Å². The molecule has 2 aromatic carbocycles. The maximum atomic E-state index is 12.9. The molecular weight excluding hydrogens is 370 g/mol. The van der Waals surface area contributed by atoms with Crippen molar-refractivity contribution in [2.45, 2.75) is 19.5 Å². The van der Waals surface area contributed by atoms with Gasteiger partial charge in [-0.25, -0.2) is 0 Å². The van der Waals surface area contributed by atoms with Gasteiger partial charge in [-0.15, -0.1) is 11.3 Å². The van der Waals surface area contributed by atoms with Crippen molar-refractivity contribution in [1.82, 2.24) is 4.90 Å². The van der Waals surface area contributed by atoms with Crippen molar-refractivity contribution in [2.24, 2.45) is 0 Å². The van der Waals surface area contributed by atoms with Gasteiger partial charge in [0.1, 0.15) is 5.76 Å². The molecule has 0 radical (unpaired) electrons. The van der Waals surface area contributed by atoms with E-state index < -0.39 is 17.7 Å². The Morgan fingerprint density at radius 3 is 2.36 bits per heavy atom. The Morgan fingerprint density at radius 1 is 1.00 bits per heavy atom. The first-order chi connectivity index (χ1) is 13.6. The lowest BCUT2D eigenvalue weighted by Crippen LogP contribution is -2.28. The van der Waals surface area contributed by atoms with E-state index in [0.29, 0.717) is 12.1 Å². The van der Waals surface area contributed by atoms with E-state index in [9.17, 15) is 14.7 Å². The Bertz CT molecular complexity index is 1040. The van der Waals surface area contributed by atoms with Crippen LogP contribution in [0.5, 0.6) is 0 Å². The zero-order valence-corrected chi connectivity index (χ0v) is 16.1. The lowest BCUT2D eigenvalue weighted by molar-refractivity contribution is -0.140. The normalized spacial score (nSPS) is 18.6. The molecule has 1 N–H and O–H groups in total. The quantitative estimate of drug-likeness (QED) is 0.400. The summed E-state index contributed by atoms with van der Waals surface area (Å²) in [5.41, 5.74) is 2.51. The summed E-state index contributed by atoms with van der Waals surface area (Å²) in [4.78, 5) is 28.3. The molecule has 4 rings (SSSR count). The molecule has 140 valence electrons. The number of aliphatic hydroxyl groups excluding tert-OH is 1. The fourth-order valence-electron chi connectivity index (χ4n) is 3.46. The number of nitrogens with zero attached hydrogens (tertiary/aromatic N) is 1. The van der Waals surface area contributed by atoms with Crippen LogP contribution in [0.15, 0.2) is 77.7 Å². The van der Waals surface area contributed by atoms with Crippen molar-refractivity contribution >= 4 is 28.8 Å². The second-order valence-corrected chi connectivity index (χ2v) is 7.82. The topological polar surface area (TPSA) is 57.6 Å². The number of aliphatic hydroxyl groups is 1. The van der Waals surface area contributed by atoms with Crippen molar-refractivity contribution in [3.63, 3.8) is 0 Å². The van der Waals surface area contributed by atoms with Crippen molar-refractivity contribution in [2.75, 3.05) is 0 Å². The Kier molecular flexibility index (Phi) is 4.84. The fraction of sp³-hybridized carbons (Fsp3) is 0.130. The highest BCUT2D eigenvalue weighted by atomic mass is 32.1. The smallest absolute Gasteiger partial charge is 0.295 e. The number of thiophene rings is 1. The van der Waals surface area contributed by atoms with E-state index in [1.54, 1.807) is 17.0 Å². The van der Waals surface area contributed by atoms with Gasteiger partial charge in [-0.3, -0.25) is 9.59 Å². The molecule has 1 unspecified atom stereocenters. The molecule has 1 fully saturated rings. The van der Waals surface area contributed by atoms with E-state index in [-0.39, 0.29) is 11.3 Å². The summed E-state index contributed by atoms with van der Waals surface area (Å²) < 4.78 is 0. The van der Waals surface area contributed by atoms with E-state index in [1.807, 2.05) is 66.9 Å². The lowest BCUT2D eigenvalue weighted by atomic mass is 9.95. The molecule has 1 amide bonds. The van der Waals surface area contributed by atoms with Crippen LogP contribution >= 0.6 is 11.3 Å². The third-order valence-corrected chi connectivity index (χ3v) is 5.75. The van der Waals surface area contributed by atoms with Crippen molar-refractivity contribution in [3.8, 4) is 0 Å². The monoisotopic (exact) mass is 389 g/mol. The third kappa shape index (κ3) is 3.25. The second-order valence-electron chi connectivity index (χ2n) is 6.78. The largest absolute Gasteiger partial charge is 0.507 e. The molecule has 28 heavy (non-hydrogen) atoms. The number of benzene rings is 2. The molecular formula is C23H19NO3S. The number of carbonyl (C=O) groups is 2. The molecule has 3 aromatic rings. The number of hydrogen-bond acceptors (Lipinski definition) is 4. The number of Topliss-reactive ketones (excluding diaryl/α,β-unsaturated/α-hetero) is 1. The summed E-state index contributed by atoms with van der Waals surface area (Å²) in [6.45, 7) is 2.28. The molecule has 1 aliphatic rings. The first kappa shape index (κ1) is 18.2. The predicted molar refractivity (Wildman–Crippen MR) is 110 cm³/mol. The van der Waals surface area contributed by atoms with Gasteiger partial charge in [0, 0.05) is 10.4 Å². The van der Waals surface area contributed by atoms with Crippen LogP contribution in [0.25, 0.3) is 5.76 Å². The maximum Gasteiger partial charge on any atom is 0.295 e. The van der Waals surface area contributed by atoms with E-state index in [1.165, 1.54) is 11.3 Å². The van der Waals surface area contributed by atoms with E-state index >= 15 is 0 Å². The molecule has 0 bridgehead atoms. The summed E-state index contributed by atoms with van der Waals surface area (Å²) in [5.74, 6) is -1.37. The van der Waals surface area contributed by atoms with Crippen LogP contribution in [0.2, 0.25) is 0 Å². The first-order valence-corrected chi connectivity index (χ1v) is 9.87. The highest BCUT2D eigenvalue weighted by molar-refractivity contribution is 7.09. The minimum Gasteiger partial charge on any atom is -0.507 e. The first-order valence-electron chi connectivity index (χ1n) is 8.99. The Balaban J connectivity index is 1.85. The van der Waals surface area contributed by atoms with Crippen LogP contribution in [0.1, 0.15) is 27.6 Å². The number of hydrogen-bond donors (Lipinski definition) is 1. The molecule has 2 heterocycles. The molecule has 1 aliphatic heterocycles. The minimum absolute atomic E-state index is 0.136. The number of rotatable bonds is 4. The van der Waals surface area contributed by atoms with Crippen molar-refractivity contribution in [1.29, 1.82) is 0 Å². The van der Waals surface area contributed by atoms with Crippen LogP contribution in [0, 0.1) is 6.92 Å². The average Bonchev–Trinajstić information content (AvgIpc) is 3.31. The summed E-state index contributed by atoms with van der Waals surface area (Å²) in [6, 6.07) is 19.9. The van der Waals surface area contributed by atoms with E-state index in [2.05, 4.69) is 0 Å². The van der Waals surface area contributed by atoms with Crippen LogP contribution in [0.4, 0.5) is 0 Å². The third-order valence-electron chi connectivity index (χ3n) is 4.89. The number of likely N-dealkylation sites (tertiary alicyclic amines) is 1. The number of aryl methyl sites for hydroxylation is 1. The van der Waals surface area contributed by atoms with Gasteiger partial charge in [-0.2, -0.15) is 0 Å². The highest BCUT2D eigenvalue weighted by Gasteiger charge is 2.46. The Labute approximate surface area is 167 Å². The van der Waals surface area contributed by atoms with Crippen LogP contribution in [-0.2, 0) is 16.1 Å². The molecule has 1 atom stereocenters. The molecule has 5 heteroatoms. The molecule has 1 saturated heterocycles. The van der Waals surface area contributed by atoms with Crippen LogP contribution < -0.4 is 0 Å². The van der Waals surface area contributed by atoms with Crippen LogP contribution in [0.3, 0.4) is 0 Å². The molecule has 0 spiro atoms. The van der Waals surface area contributed by atoms with Crippen LogP contribution in [-0.4, -0.2) is 21.7 Å². The second kappa shape index (κ2) is 7.44. The summed E-state index contributed by atoms with van der Waals surface area (Å²) in [7, 11) is 0. The Morgan fingerprint density at radius 2 is 1.71 bits per heavy atom. The van der Waals surface area contributed by atoms with Gasteiger partial charge < -0.3 is 10.0 Å². The number of amides is 1. The SMILES string of the molecule is Cc1ccc(/C(O)=C2/C(=O)C(=O)N(Cc3cccs3)C2c2ccccc2)cc1. The van der Waals surface area contributed by atoms with Crippen molar-refractivity contribution < 1.29 is 14.7 Å². The van der Waals surface area contributed by atoms with E-state index in [0.717, 1.165) is 16.0 Å². The van der Waals surface area contributed by atoms with Crippen molar-refractivity contribution in [3.05, 3.63) is 99.3 Å². The van der Waals surface area contributed by atoms with Gasteiger partial charge in [-0.05, 0) is 23.9 Å². The summed E-state index contributed by atoms with van der Waals surface area (Å²) >= 11 is 1.53. The molecule has 4 nitrogen and oxygen atoms in total. The van der Waals surface area contributed by atoms with Gasteiger partial charge >= 0.3 is 0 Å². The number of carbonyl (C=O) groups excluding carboxylic acids is 2. The molecule has 0 aliphatic carbocycles. The fourth-order valence-corrected chi connectivity index (χ4v) is 4.17. The number of ketones is 1. The highest BCUT2D eigenvalue weighted by Crippen LogP contribution is 2.40.